The zero-order valence-corrected chi connectivity index (χ0v) is 9.07. The van der Waals surface area contributed by atoms with Crippen LogP contribution in [0.1, 0.15) is 39.1 Å². The highest BCUT2D eigenvalue weighted by atomic mass is 16.3. The van der Waals surface area contributed by atoms with Crippen molar-refractivity contribution < 1.29 is 5.11 Å². The second-order valence-corrected chi connectivity index (χ2v) is 4.82. The molecule has 0 aliphatic heterocycles. The summed E-state index contributed by atoms with van der Waals surface area (Å²) in [5.41, 5.74) is 0.296. The van der Waals surface area contributed by atoms with Gasteiger partial charge in [-0.15, -0.1) is 0 Å². The number of nitrogens with zero attached hydrogens (tertiary/aromatic N) is 2. The van der Waals surface area contributed by atoms with Gasteiger partial charge in [-0.1, -0.05) is 13.8 Å². The van der Waals surface area contributed by atoms with E-state index in [2.05, 4.69) is 25.8 Å². The number of imidazole rings is 1. The predicted octanol–water partition coefficient (Wildman–Crippen LogP) is 1.98. The maximum absolute atomic E-state index is 10.1. The Bertz CT molecular complexity index is 330. The number of hydrogen-bond donors (Lipinski definition) is 1. The SMILES string of the molecule is CCn1ccnc1C(O)C1CC1(C)C. The van der Waals surface area contributed by atoms with E-state index in [1.165, 1.54) is 0 Å². The number of hydrogen-bond acceptors (Lipinski definition) is 2. The van der Waals surface area contributed by atoms with Crippen LogP contribution >= 0.6 is 0 Å². The Balaban J connectivity index is 2.16. The van der Waals surface area contributed by atoms with Gasteiger partial charge in [0.25, 0.3) is 0 Å². The Hall–Kier alpha value is -0.830. The van der Waals surface area contributed by atoms with Crippen LogP contribution in [0.25, 0.3) is 0 Å². The maximum Gasteiger partial charge on any atom is 0.137 e. The van der Waals surface area contributed by atoms with Gasteiger partial charge in [0.05, 0.1) is 0 Å². The molecular formula is C11H18N2O. The summed E-state index contributed by atoms with van der Waals surface area (Å²) in [6.45, 7) is 7.33. The molecule has 1 aliphatic rings. The van der Waals surface area contributed by atoms with E-state index in [4.69, 9.17) is 0 Å². The molecule has 1 fully saturated rings. The third-order valence-electron chi connectivity index (χ3n) is 3.32. The molecule has 0 aromatic carbocycles. The molecule has 0 amide bonds. The van der Waals surface area contributed by atoms with E-state index < -0.39 is 0 Å². The van der Waals surface area contributed by atoms with Gasteiger partial charge in [0.15, 0.2) is 0 Å². The Labute approximate surface area is 84.8 Å². The van der Waals surface area contributed by atoms with Crippen molar-refractivity contribution in [3.63, 3.8) is 0 Å². The van der Waals surface area contributed by atoms with E-state index in [-0.39, 0.29) is 6.10 Å². The van der Waals surface area contributed by atoms with Crippen LogP contribution in [0.3, 0.4) is 0 Å². The number of aliphatic hydroxyl groups excluding tert-OH is 1. The third-order valence-corrected chi connectivity index (χ3v) is 3.32. The van der Waals surface area contributed by atoms with Crippen molar-refractivity contribution in [2.45, 2.75) is 39.8 Å². The molecule has 3 heteroatoms. The maximum atomic E-state index is 10.1. The molecule has 2 atom stereocenters. The van der Waals surface area contributed by atoms with Gasteiger partial charge in [0.1, 0.15) is 11.9 Å². The highest BCUT2D eigenvalue weighted by Crippen LogP contribution is 2.57. The Morgan fingerprint density at radius 1 is 1.71 bits per heavy atom. The molecule has 0 bridgehead atoms. The predicted molar refractivity (Wildman–Crippen MR) is 54.7 cm³/mol. The number of aliphatic hydroxyl groups is 1. The lowest BCUT2D eigenvalue weighted by Gasteiger charge is -2.13. The van der Waals surface area contributed by atoms with E-state index in [1.54, 1.807) is 6.20 Å². The van der Waals surface area contributed by atoms with Gasteiger partial charge in [-0.25, -0.2) is 4.98 Å². The molecule has 1 aliphatic carbocycles. The highest BCUT2D eigenvalue weighted by Gasteiger charge is 2.51. The van der Waals surface area contributed by atoms with Crippen LogP contribution in [-0.4, -0.2) is 14.7 Å². The summed E-state index contributed by atoms with van der Waals surface area (Å²) < 4.78 is 2.01. The quantitative estimate of drug-likeness (QED) is 0.799. The first-order valence-electron chi connectivity index (χ1n) is 5.25. The summed E-state index contributed by atoms with van der Waals surface area (Å²) in [5, 5.41) is 10.1. The number of aryl methyl sites for hydroxylation is 1. The van der Waals surface area contributed by atoms with E-state index in [0.717, 1.165) is 18.8 Å². The van der Waals surface area contributed by atoms with Gasteiger partial charge in [-0.2, -0.15) is 0 Å². The van der Waals surface area contributed by atoms with Gasteiger partial charge in [0, 0.05) is 18.9 Å². The Morgan fingerprint density at radius 2 is 2.36 bits per heavy atom. The second kappa shape index (κ2) is 3.09. The Kier molecular flexibility index (Phi) is 2.14. The van der Waals surface area contributed by atoms with Crippen LogP contribution in [0.4, 0.5) is 0 Å². The molecule has 1 aromatic rings. The Morgan fingerprint density at radius 3 is 2.86 bits per heavy atom. The zero-order chi connectivity index (χ0) is 10.3. The molecule has 2 unspecified atom stereocenters. The average molecular weight is 194 g/mol. The first-order valence-corrected chi connectivity index (χ1v) is 5.25. The lowest BCUT2D eigenvalue weighted by molar-refractivity contribution is 0.125. The molecule has 1 saturated carbocycles. The smallest absolute Gasteiger partial charge is 0.137 e. The van der Waals surface area contributed by atoms with Gasteiger partial charge in [0.2, 0.25) is 0 Å². The molecule has 14 heavy (non-hydrogen) atoms. The van der Waals surface area contributed by atoms with Gasteiger partial charge in [-0.3, -0.25) is 0 Å². The average Bonchev–Trinajstić information content (AvgIpc) is 2.64. The van der Waals surface area contributed by atoms with E-state index in [0.29, 0.717) is 11.3 Å². The normalized spacial score (nSPS) is 26.1. The molecule has 0 saturated heterocycles. The lowest BCUT2D eigenvalue weighted by Crippen LogP contribution is -2.11. The number of rotatable bonds is 3. The summed E-state index contributed by atoms with van der Waals surface area (Å²) in [5.74, 6) is 1.21. The minimum absolute atomic E-state index is 0.296. The zero-order valence-electron chi connectivity index (χ0n) is 9.07. The summed E-state index contributed by atoms with van der Waals surface area (Å²) >= 11 is 0. The van der Waals surface area contributed by atoms with Crippen LogP contribution in [0.5, 0.6) is 0 Å². The number of aromatic nitrogens is 2. The van der Waals surface area contributed by atoms with Crippen LogP contribution < -0.4 is 0 Å². The largest absolute Gasteiger partial charge is 0.385 e. The molecule has 0 radical (unpaired) electrons. The van der Waals surface area contributed by atoms with E-state index >= 15 is 0 Å². The second-order valence-electron chi connectivity index (χ2n) is 4.82. The van der Waals surface area contributed by atoms with Crippen LogP contribution in [0.2, 0.25) is 0 Å². The van der Waals surface area contributed by atoms with Gasteiger partial charge in [-0.05, 0) is 24.7 Å². The van der Waals surface area contributed by atoms with Gasteiger partial charge >= 0.3 is 0 Å². The minimum atomic E-state index is -0.389. The summed E-state index contributed by atoms with van der Waals surface area (Å²) in [4.78, 5) is 4.23. The van der Waals surface area contributed by atoms with Crippen molar-refractivity contribution in [3.05, 3.63) is 18.2 Å². The fourth-order valence-electron chi connectivity index (χ4n) is 2.08. The first-order chi connectivity index (χ1) is 6.56. The van der Waals surface area contributed by atoms with Crippen molar-refractivity contribution in [3.8, 4) is 0 Å². The molecule has 1 heterocycles. The molecular weight excluding hydrogens is 176 g/mol. The van der Waals surface area contributed by atoms with Crippen molar-refractivity contribution in [2.75, 3.05) is 0 Å². The van der Waals surface area contributed by atoms with Crippen LogP contribution in [0, 0.1) is 11.3 Å². The monoisotopic (exact) mass is 194 g/mol. The fourth-order valence-corrected chi connectivity index (χ4v) is 2.08. The topological polar surface area (TPSA) is 38.0 Å². The summed E-state index contributed by atoms with van der Waals surface area (Å²) in [7, 11) is 0. The molecule has 0 spiro atoms. The highest BCUT2D eigenvalue weighted by molar-refractivity contribution is 5.08. The third kappa shape index (κ3) is 1.46. The van der Waals surface area contributed by atoms with Crippen molar-refractivity contribution in [1.29, 1.82) is 0 Å². The molecule has 3 nitrogen and oxygen atoms in total. The van der Waals surface area contributed by atoms with Crippen molar-refractivity contribution in [1.82, 2.24) is 9.55 Å². The summed E-state index contributed by atoms with van der Waals surface area (Å²) in [6.07, 6.45) is 4.40. The molecule has 1 aromatic heterocycles. The summed E-state index contributed by atoms with van der Waals surface area (Å²) in [6, 6.07) is 0. The standard InChI is InChI=1S/C11H18N2O/c1-4-13-6-5-12-10(13)9(14)8-7-11(8,2)3/h5-6,8-9,14H,4,7H2,1-3H3. The fraction of sp³-hybridized carbons (Fsp3) is 0.727. The minimum Gasteiger partial charge on any atom is -0.385 e. The van der Waals surface area contributed by atoms with Crippen LogP contribution in [0.15, 0.2) is 12.4 Å². The molecule has 2 rings (SSSR count). The van der Waals surface area contributed by atoms with Crippen molar-refractivity contribution >= 4 is 0 Å². The van der Waals surface area contributed by atoms with E-state index in [9.17, 15) is 5.11 Å². The first kappa shape index (κ1) is 9.71. The molecule has 1 N–H and O–H groups in total. The van der Waals surface area contributed by atoms with Crippen LogP contribution in [-0.2, 0) is 6.54 Å². The lowest BCUT2D eigenvalue weighted by atomic mass is 10.1. The van der Waals surface area contributed by atoms with Crippen molar-refractivity contribution in [2.24, 2.45) is 11.3 Å². The molecule has 78 valence electrons. The van der Waals surface area contributed by atoms with Gasteiger partial charge < -0.3 is 9.67 Å². The van der Waals surface area contributed by atoms with E-state index in [1.807, 2.05) is 10.8 Å².